The van der Waals surface area contributed by atoms with E-state index >= 15 is 0 Å². The van der Waals surface area contributed by atoms with Crippen molar-refractivity contribution in [1.29, 1.82) is 0 Å². The lowest BCUT2D eigenvalue weighted by molar-refractivity contribution is 0.414. The third kappa shape index (κ3) is 2.92. The number of anilines is 1. The van der Waals surface area contributed by atoms with E-state index in [9.17, 15) is 0 Å². The van der Waals surface area contributed by atoms with E-state index in [2.05, 4.69) is 17.3 Å². The molecule has 5 heteroatoms. The molecule has 0 saturated carbocycles. The van der Waals surface area contributed by atoms with E-state index < -0.39 is 0 Å². The summed E-state index contributed by atoms with van der Waals surface area (Å²) in [6, 6.07) is 12.1. The van der Waals surface area contributed by atoms with Gasteiger partial charge in [-0.2, -0.15) is 0 Å². The Morgan fingerprint density at radius 2 is 2.00 bits per heavy atom. The highest BCUT2D eigenvalue weighted by Crippen LogP contribution is 2.33. The molecule has 0 spiro atoms. The molecule has 0 unspecified atom stereocenters. The van der Waals surface area contributed by atoms with Gasteiger partial charge in [0.1, 0.15) is 5.75 Å². The van der Waals surface area contributed by atoms with Crippen LogP contribution in [0.25, 0.3) is 10.4 Å². The van der Waals surface area contributed by atoms with Crippen molar-refractivity contribution in [3.05, 3.63) is 53.0 Å². The van der Waals surface area contributed by atoms with Crippen molar-refractivity contribution in [2.24, 2.45) is 0 Å². The number of aryl methyl sites for hydroxylation is 2. The number of ether oxygens (including phenoxy) is 1. The molecule has 0 radical (unpaired) electrons. The van der Waals surface area contributed by atoms with Crippen molar-refractivity contribution in [2.75, 3.05) is 12.8 Å². The highest BCUT2D eigenvalue weighted by atomic mass is 32.1. The minimum absolute atomic E-state index is 0.391. The van der Waals surface area contributed by atoms with Gasteiger partial charge in [-0.15, -0.1) is 11.3 Å². The summed E-state index contributed by atoms with van der Waals surface area (Å²) in [5.41, 5.74) is 8.97. The highest BCUT2D eigenvalue weighted by molar-refractivity contribution is 7.13. The molecule has 21 heavy (non-hydrogen) atoms. The first-order valence-corrected chi connectivity index (χ1v) is 7.56. The largest absolute Gasteiger partial charge is 0.497 e. The van der Waals surface area contributed by atoms with Gasteiger partial charge < -0.3 is 15.0 Å². The Morgan fingerprint density at radius 3 is 2.67 bits per heavy atom. The summed E-state index contributed by atoms with van der Waals surface area (Å²) in [4.78, 5) is 1.10. The molecular weight excluding hydrogens is 284 g/mol. The van der Waals surface area contributed by atoms with Crippen molar-refractivity contribution in [1.82, 2.24) is 5.16 Å². The molecule has 3 rings (SSSR count). The maximum absolute atomic E-state index is 5.90. The van der Waals surface area contributed by atoms with Gasteiger partial charge in [-0.05, 0) is 42.0 Å². The van der Waals surface area contributed by atoms with E-state index in [1.165, 1.54) is 5.56 Å². The fourth-order valence-electron chi connectivity index (χ4n) is 2.25. The van der Waals surface area contributed by atoms with Gasteiger partial charge in [0.15, 0.2) is 0 Å². The third-order valence-corrected chi connectivity index (χ3v) is 4.25. The second-order valence-corrected chi connectivity index (χ2v) is 5.64. The van der Waals surface area contributed by atoms with Crippen LogP contribution < -0.4 is 10.5 Å². The molecular formula is C16H16N2O2S. The second kappa shape index (κ2) is 6.01. The number of benzene rings is 1. The van der Waals surface area contributed by atoms with Crippen LogP contribution in [0.5, 0.6) is 5.75 Å². The number of nitrogen functional groups attached to an aromatic ring is 1. The summed E-state index contributed by atoms with van der Waals surface area (Å²) in [5.74, 6) is 1.26. The molecule has 2 heterocycles. The molecule has 4 nitrogen and oxygen atoms in total. The van der Waals surface area contributed by atoms with Crippen molar-refractivity contribution < 1.29 is 9.26 Å². The minimum atomic E-state index is 0.391. The number of hydrogen-bond donors (Lipinski definition) is 1. The normalized spacial score (nSPS) is 10.7. The SMILES string of the molecule is COc1ccc(CCc2noc(N)c2-c2cccs2)cc1. The first-order chi connectivity index (χ1) is 10.3. The van der Waals surface area contributed by atoms with Gasteiger partial charge in [-0.25, -0.2) is 0 Å². The predicted octanol–water partition coefficient (Wildman–Crippen LogP) is 3.78. The maximum Gasteiger partial charge on any atom is 0.231 e. The molecule has 0 aliphatic rings. The van der Waals surface area contributed by atoms with E-state index in [1.54, 1.807) is 18.4 Å². The minimum Gasteiger partial charge on any atom is -0.497 e. The summed E-state index contributed by atoms with van der Waals surface area (Å²) in [5, 5.41) is 6.13. The van der Waals surface area contributed by atoms with Gasteiger partial charge in [0.2, 0.25) is 5.88 Å². The summed E-state index contributed by atoms with van der Waals surface area (Å²) in [6.45, 7) is 0. The monoisotopic (exact) mass is 300 g/mol. The Bertz CT molecular complexity index is 702. The Kier molecular flexibility index (Phi) is 3.92. The molecule has 0 aliphatic carbocycles. The van der Waals surface area contributed by atoms with Crippen LogP contribution in [0.3, 0.4) is 0 Å². The lowest BCUT2D eigenvalue weighted by atomic mass is 10.0. The molecule has 2 N–H and O–H groups in total. The van der Waals surface area contributed by atoms with Crippen molar-refractivity contribution in [3.8, 4) is 16.2 Å². The first-order valence-electron chi connectivity index (χ1n) is 6.68. The smallest absolute Gasteiger partial charge is 0.231 e. The summed E-state index contributed by atoms with van der Waals surface area (Å²) < 4.78 is 10.3. The van der Waals surface area contributed by atoms with Gasteiger partial charge >= 0.3 is 0 Å². The van der Waals surface area contributed by atoms with Crippen LogP contribution in [0.1, 0.15) is 11.3 Å². The second-order valence-electron chi connectivity index (χ2n) is 4.69. The van der Waals surface area contributed by atoms with Crippen molar-refractivity contribution >= 4 is 17.2 Å². The molecule has 3 aromatic rings. The van der Waals surface area contributed by atoms with E-state index in [0.717, 1.165) is 34.7 Å². The van der Waals surface area contributed by atoms with Gasteiger partial charge in [0.05, 0.1) is 18.4 Å². The molecule has 1 aromatic carbocycles. The number of hydrogen-bond acceptors (Lipinski definition) is 5. The van der Waals surface area contributed by atoms with E-state index in [-0.39, 0.29) is 0 Å². The number of nitrogens with zero attached hydrogens (tertiary/aromatic N) is 1. The molecule has 0 fully saturated rings. The Morgan fingerprint density at radius 1 is 1.19 bits per heavy atom. The van der Waals surface area contributed by atoms with E-state index in [1.807, 2.05) is 29.6 Å². The van der Waals surface area contributed by atoms with Crippen LogP contribution in [0, 0.1) is 0 Å². The lowest BCUT2D eigenvalue weighted by Crippen LogP contribution is -1.94. The molecule has 0 atom stereocenters. The zero-order valence-electron chi connectivity index (χ0n) is 11.7. The van der Waals surface area contributed by atoms with Gasteiger partial charge in [-0.3, -0.25) is 0 Å². The topological polar surface area (TPSA) is 61.3 Å². The Hall–Kier alpha value is -2.27. The summed E-state index contributed by atoms with van der Waals surface area (Å²) in [7, 11) is 1.67. The number of thiophene rings is 1. The predicted molar refractivity (Wildman–Crippen MR) is 84.6 cm³/mol. The van der Waals surface area contributed by atoms with Gasteiger partial charge in [0.25, 0.3) is 0 Å². The maximum atomic E-state index is 5.90. The Labute approximate surface area is 127 Å². The van der Waals surface area contributed by atoms with Gasteiger partial charge in [-0.1, -0.05) is 23.4 Å². The average molecular weight is 300 g/mol. The molecule has 0 bridgehead atoms. The third-order valence-electron chi connectivity index (χ3n) is 3.37. The van der Waals surface area contributed by atoms with Crippen LogP contribution >= 0.6 is 11.3 Å². The van der Waals surface area contributed by atoms with Crippen LogP contribution in [0.15, 0.2) is 46.3 Å². The van der Waals surface area contributed by atoms with Gasteiger partial charge in [0, 0.05) is 4.88 Å². The fraction of sp³-hybridized carbons (Fsp3) is 0.188. The molecule has 108 valence electrons. The highest BCUT2D eigenvalue weighted by Gasteiger charge is 2.16. The molecule has 0 saturated heterocycles. The number of aromatic nitrogens is 1. The van der Waals surface area contributed by atoms with Crippen LogP contribution in [-0.4, -0.2) is 12.3 Å². The average Bonchev–Trinajstić information content (AvgIpc) is 3.15. The molecule has 0 aliphatic heterocycles. The zero-order chi connectivity index (χ0) is 14.7. The Balaban J connectivity index is 1.76. The standard InChI is InChI=1S/C16H16N2O2S/c1-19-12-7-4-11(5-8-12)6-9-13-15(16(17)20-18-13)14-3-2-10-21-14/h2-5,7-8,10H,6,9,17H2,1H3. The number of rotatable bonds is 5. The van der Waals surface area contributed by atoms with Crippen LogP contribution in [0.4, 0.5) is 5.88 Å². The molecule has 0 amide bonds. The first kappa shape index (κ1) is 13.7. The van der Waals surface area contributed by atoms with Crippen LogP contribution in [0.2, 0.25) is 0 Å². The van der Waals surface area contributed by atoms with E-state index in [0.29, 0.717) is 5.88 Å². The summed E-state index contributed by atoms with van der Waals surface area (Å²) in [6.07, 6.45) is 1.68. The zero-order valence-corrected chi connectivity index (χ0v) is 12.5. The van der Waals surface area contributed by atoms with Crippen molar-refractivity contribution in [2.45, 2.75) is 12.8 Å². The quantitative estimate of drug-likeness (QED) is 0.779. The fourth-order valence-corrected chi connectivity index (χ4v) is 3.04. The van der Waals surface area contributed by atoms with E-state index in [4.69, 9.17) is 15.0 Å². The van der Waals surface area contributed by atoms with Crippen LogP contribution in [-0.2, 0) is 12.8 Å². The number of methoxy groups -OCH3 is 1. The summed E-state index contributed by atoms with van der Waals surface area (Å²) >= 11 is 1.64. The van der Waals surface area contributed by atoms with Crippen molar-refractivity contribution in [3.63, 3.8) is 0 Å². The lowest BCUT2D eigenvalue weighted by Gasteiger charge is -2.03. The number of nitrogens with two attached hydrogens (primary N) is 1. The molecule has 2 aromatic heterocycles.